The first-order valence-corrected chi connectivity index (χ1v) is 8.62. The number of nitriles is 1. The van der Waals surface area contributed by atoms with Crippen LogP contribution in [-0.4, -0.2) is 30.5 Å². The lowest BCUT2D eigenvalue weighted by Gasteiger charge is -2.16. The van der Waals surface area contributed by atoms with Gasteiger partial charge in [0.05, 0.1) is 16.9 Å². The molecule has 0 fully saturated rings. The Hall–Kier alpha value is -2.73. The van der Waals surface area contributed by atoms with Crippen LogP contribution in [0.5, 0.6) is 0 Å². The molecule has 0 saturated heterocycles. The number of hydrogen-bond donors (Lipinski definition) is 1. The van der Waals surface area contributed by atoms with Crippen molar-refractivity contribution < 1.29 is 13.2 Å². The van der Waals surface area contributed by atoms with Crippen molar-refractivity contribution in [2.75, 3.05) is 25.3 Å². The Morgan fingerprint density at radius 3 is 2.58 bits per heavy atom. The van der Waals surface area contributed by atoms with E-state index in [9.17, 15) is 13.2 Å². The highest BCUT2D eigenvalue weighted by molar-refractivity contribution is 8.13. The Morgan fingerprint density at radius 1 is 1.27 bits per heavy atom. The molecular formula is C17H16F3N5S. The normalized spacial score (nSPS) is 11.8. The Balaban J connectivity index is 2.53. The summed E-state index contributed by atoms with van der Waals surface area (Å²) in [6, 6.07) is 8.68. The largest absolute Gasteiger partial charge is 0.416 e. The number of rotatable bonds is 3. The zero-order valence-corrected chi connectivity index (χ0v) is 15.1. The number of thioether (sulfide) groups is 1. The molecule has 0 atom stereocenters. The predicted molar refractivity (Wildman–Crippen MR) is 98.4 cm³/mol. The van der Waals surface area contributed by atoms with E-state index in [-0.39, 0.29) is 11.5 Å². The number of amidine groups is 1. The summed E-state index contributed by atoms with van der Waals surface area (Å²) in [6.45, 7) is 0. The van der Waals surface area contributed by atoms with Gasteiger partial charge < -0.3 is 4.90 Å². The molecule has 0 aliphatic carbocycles. The lowest BCUT2D eigenvalue weighted by molar-refractivity contribution is -0.137. The molecule has 136 valence electrons. The highest BCUT2D eigenvalue weighted by atomic mass is 32.2. The molecular weight excluding hydrogens is 363 g/mol. The summed E-state index contributed by atoms with van der Waals surface area (Å²) in [5.41, 5.74) is 0.425. The molecule has 0 saturated carbocycles. The number of alkyl halides is 3. The van der Waals surface area contributed by atoms with Crippen LogP contribution >= 0.6 is 11.8 Å². The molecule has 26 heavy (non-hydrogen) atoms. The first-order chi connectivity index (χ1) is 12.2. The van der Waals surface area contributed by atoms with Crippen molar-refractivity contribution in [3.8, 4) is 17.5 Å². The number of aromatic nitrogens is 1. The molecule has 0 aliphatic rings. The fraction of sp³-hybridized carbons (Fsp3) is 0.235. The number of hydrogen-bond acceptors (Lipinski definition) is 5. The van der Waals surface area contributed by atoms with Gasteiger partial charge in [0, 0.05) is 19.7 Å². The van der Waals surface area contributed by atoms with Crippen LogP contribution < -0.4 is 10.2 Å². The average Bonchev–Trinajstić information content (AvgIpc) is 2.60. The van der Waals surface area contributed by atoms with E-state index in [2.05, 4.69) is 15.3 Å². The number of nitrogens with zero attached hydrogens (tertiary/aromatic N) is 4. The van der Waals surface area contributed by atoms with Crippen LogP contribution in [0.15, 0.2) is 41.4 Å². The minimum absolute atomic E-state index is 0.194. The number of anilines is 1. The van der Waals surface area contributed by atoms with Crippen LogP contribution in [0.4, 0.5) is 24.7 Å². The van der Waals surface area contributed by atoms with Crippen molar-refractivity contribution in [1.82, 2.24) is 10.3 Å². The van der Waals surface area contributed by atoms with E-state index in [4.69, 9.17) is 5.26 Å². The minimum Gasteiger partial charge on any atom is -0.363 e. The second kappa shape index (κ2) is 8.10. The van der Waals surface area contributed by atoms with Crippen molar-refractivity contribution in [1.29, 1.82) is 5.26 Å². The Morgan fingerprint density at radius 2 is 2.00 bits per heavy atom. The van der Waals surface area contributed by atoms with Crippen molar-refractivity contribution >= 4 is 28.4 Å². The summed E-state index contributed by atoms with van der Waals surface area (Å²) >= 11 is 1.25. The molecule has 1 aromatic carbocycles. The molecule has 2 rings (SSSR count). The quantitative estimate of drug-likeness (QED) is 0.374. The van der Waals surface area contributed by atoms with E-state index in [0.29, 0.717) is 16.4 Å². The molecule has 0 spiro atoms. The van der Waals surface area contributed by atoms with Crippen molar-refractivity contribution in [3.63, 3.8) is 0 Å². The summed E-state index contributed by atoms with van der Waals surface area (Å²) in [6.07, 6.45) is -0.932. The zero-order chi connectivity index (χ0) is 19.3. The van der Waals surface area contributed by atoms with E-state index in [1.165, 1.54) is 16.7 Å². The van der Waals surface area contributed by atoms with Crippen LogP contribution in [0.3, 0.4) is 0 Å². The molecule has 0 unspecified atom stereocenters. The van der Waals surface area contributed by atoms with Gasteiger partial charge in [-0.2, -0.15) is 18.4 Å². The van der Waals surface area contributed by atoms with Crippen molar-refractivity contribution in [3.05, 3.63) is 42.0 Å². The van der Waals surface area contributed by atoms with E-state index in [0.717, 1.165) is 12.1 Å². The van der Waals surface area contributed by atoms with E-state index in [1.807, 2.05) is 0 Å². The van der Waals surface area contributed by atoms with Crippen LogP contribution in [-0.2, 0) is 6.18 Å². The summed E-state index contributed by atoms with van der Waals surface area (Å²) < 4.78 is 39.6. The Kier molecular flexibility index (Phi) is 6.10. The van der Waals surface area contributed by atoms with E-state index < -0.39 is 11.7 Å². The smallest absolute Gasteiger partial charge is 0.363 e. The third-order valence-corrected chi connectivity index (χ3v) is 3.91. The van der Waals surface area contributed by atoms with E-state index in [1.54, 1.807) is 50.8 Å². The Labute approximate surface area is 153 Å². The molecule has 5 nitrogen and oxygen atoms in total. The van der Waals surface area contributed by atoms with Crippen LogP contribution in [0, 0.1) is 11.5 Å². The molecule has 0 aliphatic heterocycles. The number of benzene rings is 1. The molecule has 0 amide bonds. The number of nitrogens with one attached hydrogen (secondary N) is 1. The molecule has 9 heteroatoms. The third kappa shape index (κ3) is 4.89. The van der Waals surface area contributed by atoms with Crippen molar-refractivity contribution in [2.45, 2.75) is 6.18 Å². The van der Waals surface area contributed by atoms with Gasteiger partial charge in [-0.25, -0.2) is 9.98 Å². The number of aliphatic imine (C=N–C) groups is 1. The first-order valence-electron chi connectivity index (χ1n) is 7.39. The fourth-order valence-electron chi connectivity index (χ4n) is 2.08. The molecule has 1 heterocycles. The van der Waals surface area contributed by atoms with Crippen molar-refractivity contribution in [2.24, 2.45) is 4.99 Å². The second-order valence-corrected chi connectivity index (χ2v) is 6.19. The monoisotopic (exact) mass is 379 g/mol. The second-order valence-electron chi connectivity index (χ2n) is 5.40. The van der Waals surface area contributed by atoms with E-state index >= 15 is 0 Å². The predicted octanol–water partition coefficient (Wildman–Crippen LogP) is 4.25. The van der Waals surface area contributed by atoms with Crippen LogP contribution in [0.2, 0.25) is 0 Å². The highest BCUT2D eigenvalue weighted by Crippen LogP contribution is 2.34. The molecule has 2 aromatic rings. The van der Waals surface area contributed by atoms with Gasteiger partial charge in [-0.15, -0.1) is 0 Å². The maximum Gasteiger partial charge on any atom is 0.416 e. The molecule has 0 bridgehead atoms. The summed E-state index contributed by atoms with van der Waals surface area (Å²) in [7, 11) is 3.26. The lowest BCUT2D eigenvalue weighted by Crippen LogP contribution is -2.14. The first kappa shape index (κ1) is 19.6. The van der Waals surface area contributed by atoms with Gasteiger partial charge >= 0.3 is 6.18 Å². The van der Waals surface area contributed by atoms with Gasteiger partial charge in [-0.05, 0) is 30.5 Å². The van der Waals surface area contributed by atoms with Gasteiger partial charge in [0.15, 0.2) is 11.4 Å². The summed E-state index contributed by atoms with van der Waals surface area (Å²) in [4.78, 5) is 10.1. The van der Waals surface area contributed by atoms with Gasteiger partial charge in [0.25, 0.3) is 0 Å². The average molecular weight is 379 g/mol. The van der Waals surface area contributed by atoms with Gasteiger partial charge in [0.1, 0.15) is 5.82 Å². The van der Waals surface area contributed by atoms with Crippen LogP contribution in [0.1, 0.15) is 5.56 Å². The topological polar surface area (TPSA) is 64.3 Å². The summed E-state index contributed by atoms with van der Waals surface area (Å²) in [5.74, 6) is 0.208. The molecule has 1 N–H and O–H groups in total. The highest BCUT2D eigenvalue weighted by Gasteiger charge is 2.32. The minimum atomic E-state index is -4.47. The zero-order valence-electron chi connectivity index (χ0n) is 14.3. The maximum atomic E-state index is 13.2. The summed E-state index contributed by atoms with van der Waals surface area (Å²) in [5, 5.41) is 11.5. The molecule has 0 radical (unpaired) electrons. The maximum absolute atomic E-state index is 13.2. The third-order valence-electron chi connectivity index (χ3n) is 3.33. The fourth-order valence-corrected chi connectivity index (χ4v) is 2.43. The van der Waals surface area contributed by atoms with Gasteiger partial charge in [-0.3, -0.25) is 5.32 Å². The number of pyridine rings is 1. The lowest BCUT2D eigenvalue weighted by atomic mass is 10.1. The SMILES string of the molecule is CSC(=Nc1cccc(-c2cc(C(F)(F)F)cc(N(C)C)n2)c1)NC#N. The van der Waals surface area contributed by atoms with Gasteiger partial charge in [-0.1, -0.05) is 23.9 Å². The Bertz CT molecular complexity index is 856. The van der Waals surface area contributed by atoms with Crippen LogP contribution in [0.25, 0.3) is 11.3 Å². The van der Waals surface area contributed by atoms with Gasteiger partial charge in [0.2, 0.25) is 0 Å². The number of halogens is 3. The standard InChI is InChI=1S/C17H16F3N5S/c1-25(2)15-9-12(17(18,19)20)8-14(24-15)11-5-4-6-13(7-11)23-16(26-3)22-10-21/h4-9H,1-3H3,(H,22,23). The molecule has 1 aromatic heterocycles.